The first-order chi connectivity index (χ1) is 8.20. The van der Waals surface area contributed by atoms with Crippen LogP contribution in [-0.2, 0) is 11.2 Å². The molecule has 0 heterocycles. The molecule has 2 rings (SSSR count). The highest BCUT2D eigenvalue weighted by Crippen LogP contribution is 2.27. The quantitative estimate of drug-likeness (QED) is 0.621. The van der Waals surface area contributed by atoms with Gasteiger partial charge in [0.15, 0.2) is 0 Å². The third-order valence-electron chi connectivity index (χ3n) is 2.97. The number of nitrogen functional groups attached to an aromatic ring is 1. The molecule has 1 saturated carbocycles. The summed E-state index contributed by atoms with van der Waals surface area (Å²) in [6.45, 7) is 4.35. The van der Waals surface area contributed by atoms with Crippen LogP contribution in [0, 0.1) is 0 Å². The smallest absolute Gasteiger partial charge is 0.227 e. The highest BCUT2D eigenvalue weighted by Gasteiger charge is 2.31. The lowest BCUT2D eigenvalue weighted by Crippen LogP contribution is -2.34. The summed E-state index contributed by atoms with van der Waals surface area (Å²) in [4.78, 5) is 14.0. The molecule has 0 aromatic heterocycles. The zero-order chi connectivity index (χ0) is 12.3. The number of amides is 1. The van der Waals surface area contributed by atoms with Crippen LogP contribution in [0.2, 0.25) is 0 Å². The van der Waals surface area contributed by atoms with Crippen LogP contribution in [0.3, 0.4) is 0 Å². The van der Waals surface area contributed by atoms with Crippen molar-refractivity contribution in [3.05, 3.63) is 42.5 Å². The fourth-order valence-corrected chi connectivity index (χ4v) is 1.89. The predicted octanol–water partition coefficient (Wildman–Crippen LogP) is 1.99. The Kier molecular flexibility index (Phi) is 3.47. The summed E-state index contributed by atoms with van der Waals surface area (Å²) >= 11 is 0. The van der Waals surface area contributed by atoms with Crippen LogP contribution >= 0.6 is 0 Å². The number of anilines is 1. The molecule has 1 aromatic carbocycles. The summed E-state index contributed by atoms with van der Waals surface area (Å²) in [6, 6.07) is 7.92. The monoisotopic (exact) mass is 230 g/mol. The van der Waals surface area contributed by atoms with Gasteiger partial charge >= 0.3 is 0 Å². The second-order valence-electron chi connectivity index (χ2n) is 4.48. The van der Waals surface area contributed by atoms with Gasteiger partial charge in [0.2, 0.25) is 5.91 Å². The predicted molar refractivity (Wildman–Crippen MR) is 69.5 cm³/mol. The Morgan fingerprint density at radius 1 is 1.41 bits per heavy atom. The molecule has 0 bridgehead atoms. The summed E-state index contributed by atoms with van der Waals surface area (Å²) in [5.41, 5.74) is 7.36. The van der Waals surface area contributed by atoms with E-state index in [4.69, 9.17) is 5.73 Å². The van der Waals surface area contributed by atoms with Crippen LogP contribution in [0.1, 0.15) is 18.4 Å². The zero-order valence-electron chi connectivity index (χ0n) is 9.93. The van der Waals surface area contributed by atoms with Gasteiger partial charge in [-0.15, -0.1) is 6.58 Å². The summed E-state index contributed by atoms with van der Waals surface area (Å²) < 4.78 is 0. The van der Waals surface area contributed by atoms with Crippen molar-refractivity contribution < 1.29 is 4.79 Å². The van der Waals surface area contributed by atoms with Crippen molar-refractivity contribution in [2.75, 3.05) is 12.3 Å². The van der Waals surface area contributed by atoms with Crippen LogP contribution in [0.15, 0.2) is 36.9 Å². The second-order valence-corrected chi connectivity index (χ2v) is 4.48. The minimum atomic E-state index is 0.178. The third kappa shape index (κ3) is 3.09. The lowest BCUT2D eigenvalue weighted by molar-refractivity contribution is -0.130. The van der Waals surface area contributed by atoms with Gasteiger partial charge in [0.05, 0.1) is 6.42 Å². The molecule has 90 valence electrons. The number of carbonyl (C=O) groups is 1. The number of benzene rings is 1. The van der Waals surface area contributed by atoms with E-state index >= 15 is 0 Å². The van der Waals surface area contributed by atoms with E-state index in [1.54, 1.807) is 6.08 Å². The van der Waals surface area contributed by atoms with Gasteiger partial charge in [-0.1, -0.05) is 18.2 Å². The Labute approximate surface area is 102 Å². The maximum Gasteiger partial charge on any atom is 0.227 e. The molecular weight excluding hydrogens is 212 g/mol. The first-order valence-electron chi connectivity index (χ1n) is 5.95. The van der Waals surface area contributed by atoms with Gasteiger partial charge in [-0.3, -0.25) is 4.79 Å². The second kappa shape index (κ2) is 5.04. The summed E-state index contributed by atoms with van der Waals surface area (Å²) in [6.07, 6.45) is 4.49. The molecule has 1 aromatic rings. The minimum absolute atomic E-state index is 0.178. The molecule has 0 aliphatic heterocycles. The molecule has 3 nitrogen and oxygen atoms in total. The number of nitrogens with zero attached hydrogens (tertiary/aromatic N) is 1. The van der Waals surface area contributed by atoms with E-state index in [2.05, 4.69) is 6.58 Å². The Bertz CT molecular complexity index is 407. The highest BCUT2D eigenvalue weighted by atomic mass is 16.2. The van der Waals surface area contributed by atoms with Gasteiger partial charge in [0.25, 0.3) is 0 Å². The fourth-order valence-electron chi connectivity index (χ4n) is 1.89. The molecule has 17 heavy (non-hydrogen) atoms. The van der Waals surface area contributed by atoms with E-state index in [1.165, 1.54) is 0 Å². The third-order valence-corrected chi connectivity index (χ3v) is 2.97. The molecule has 1 fully saturated rings. The molecule has 1 amide bonds. The molecule has 0 spiro atoms. The molecule has 0 radical (unpaired) electrons. The molecule has 1 aliphatic carbocycles. The highest BCUT2D eigenvalue weighted by molar-refractivity contribution is 5.79. The van der Waals surface area contributed by atoms with E-state index in [-0.39, 0.29) is 5.91 Å². The number of nitrogens with two attached hydrogens (primary N) is 1. The van der Waals surface area contributed by atoms with Gasteiger partial charge in [-0.05, 0) is 30.5 Å². The van der Waals surface area contributed by atoms with Gasteiger partial charge in [-0.2, -0.15) is 0 Å². The zero-order valence-corrected chi connectivity index (χ0v) is 9.93. The van der Waals surface area contributed by atoms with E-state index < -0.39 is 0 Å². The van der Waals surface area contributed by atoms with E-state index in [0.29, 0.717) is 19.0 Å². The van der Waals surface area contributed by atoms with Gasteiger partial charge in [-0.25, -0.2) is 0 Å². The van der Waals surface area contributed by atoms with Crippen molar-refractivity contribution in [1.29, 1.82) is 0 Å². The first kappa shape index (κ1) is 11.7. The van der Waals surface area contributed by atoms with E-state index in [1.807, 2.05) is 29.2 Å². The lowest BCUT2D eigenvalue weighted by atomic mass is 10.1. The van der Waals surface area contributed by atoms with Crippen molar-refractivity contribution >= 4 is 11.6 Å². The van der Waals surface area contributed by atoms with Gasteiger partial charge < -0.3 is 10.6 Å². The number of hydrogen-bond acceptors (Lipinski definition) is 2. The Hall–Kier alpha value is -1.77. The summed E-state index contributed by atoms with van der Waals surface area (Å²) in [5, 5.41) is 0. The van der Waals surface area contributed by atoms with Crippen LogP contribution in [-0.4, -0.2) is 23.4 Å². The van der Waals surface area contributed by atoms with E-state index in [9.17, 15) is 4.79 Å². The average molecular weight is 230 g/mol. The largest absolute Gasteiger partial charge is 0.399 e. The number of carbonyl (C=O) groups excluding carboxylic acids is 1. The van der Waals surface area contributed by atoms with Crippen LogP contribution in [0.25, 0.3) is 0 Å². The van der Waals surface area contributed by atoms with Gasteiger partial charge in [0.1, 0.15) is 0 Å². The lowest BCUT2D eigenvalue weighted by Gasteiger charge is -2.20. The fraction of sp³-hybridized carbons (Fsp3) is 0.357. The van der Waals surface area contributed by atoms with Crippen LogP contribution < -0.4 is 5.73 Å². The molecule has 2 N–H and O–H groups in total. The molecule has 0 saturated heterocycles. The molecular formula is C14H18N2O. The number of hydrogen-bond donors (Lipinski definition) is 1. The molecule has 0 atom stereocenters. The minimum Gasteiger partial charge on any atom is -0.399 e. The maximum atomic E-state index is 12.1. The Balaban J connectivity index is 1.99. The average Bonchev–Trinajstić information content (AvgIpc) is 3.13. The molecule has 3 heteroatoms. The van der Waals surface area contributed by atoms with Gasteiger partial charge in [0, 0.05) is 18.3 Å². The van der Waals surface area contributed by atoms with E-state index in [0.717, 1.165) is 24.1 Å². The standard InChI is InChI=1S/C14H18N2O/c1-2-9-16(13-7-8-13)14(17)10-11-3-5-12(15)6-4-11/h2-6,13H,1,7-10,15H2. The van der Waals surface area contributed by atoms with Crippen LogP contribution in [0.5, 0.6) is 0 Å². The van der Waals surface area contributed by atoms with Crippen LogP contribution in [0.4, 0.5) is 5.69 Å². The van der Waals surface area contributed by atoms with Crippen molar-refractivity contribution in [2.24, 2.45) is 0 Å². The van der Waals surface area contributed by atoms with Crippen molar-refractivity contribution in [1.82, 2.24) is 4.90 Å². The Morgan fingerprint density at radius 2 is 2.06 bits per heavy atom. The molecule has 0 unspecified atom stereocenters. The first-order valence-corrected chi connectivity index (χ1v) is 5.95. The Morgan fingerprint density at radius 3 is 2.59 bits per heavy atom. The van der Waals surface area contributed by atoms with Crippen molar-refractivity contribution in [2.45, 2.75) is 25.3 Å². The summed E-state index contributed by atoms with van der Waals surface area (Å²) in [5.74, 6) is 0.178. The van der Waals surface area contributed by atoms with Crippen molar-refractivity contribution in [3.8, 4) is 0 Å². The molecule has 1 aliphatic rings. The normalized spacial score (nSPS) is 14.4. The number of rotatable bonds is 5. The maximum absolute atomic E-state index is 12.1. The van der Waals surface area contributed by atoms with Crippen molar-refractivity contribution in [3.63, 3.8) is 0 Å². The summed E-state index contributed by atoms with van der Waals surface area (Å²) in [7, 11) is 0. The topological polar surface area (TPSA) is 46.3 Å². The SMILES string of the molecule is C=CCN(C(=O)Cc1ccc(N)cc1)C1CC1.